The highest BCUT2D eigenvalue weighted by Crippen LogP contribution is 2.29. The first-order chi connectivity index (χ1) is 17.0. The molecule has 4 rings (SSSR count). The smallest absolute Gasteiger partial charge is 0.343 e. The number of imidazole rings is 1. The zero-order chi connectivity index (χ0) is 24.6. The van der Waals surface area contributed by atoms with Gasteiger partial charge in [0.25, 0.3) is 5.91 Å². The number of aryl methyl sites for hydroxylation is 1. The van der Waals surface area contributed by atoms with Crippen molar-refractivity contribution in [2.75, 3.05) is 12.4 Å². The van der Waals surface area contributed by atoms with Crippen LogP contribution in [0.2, 0.25) is 0 Å². The minimum absolute atomic E-state index is 0.162. The van der Waals surface area contributed by atoms with Crippen molar-refractivity contribution in [3.8, 4) is 11.5 Å². The van der Waals surface area contributed by atoms with Gasteiger partial charge in [-0.1, -0.05) is 41.6 Å². The topological polar surface area (TPSA) is 106 Å². The summed E-state index contributed by atoms with van der Waals surface area (Å²) in [5, 5.41) is 4.68. The normalized spacial score (nSPS) is 11.0. The van der Waals surface area contributed by atoms with Crippen LogP contribution in [0.15, 0.2) is 77.0 Å². The van der Waals surface area contributed by atoms with Crippen LogP contribution in [0, 0.1) is 6.92 Å². The van der Waals surface area contributed by atoms with Crippen LogP contribution >= 0.6 is 11.8 Å². The van der Waals surface area contributed by atoms with E-state index in [9.17, 15) is 9.59 Å². The van der Waals surface area contributed by atoms with Gasteiger partial charge in [-0.15, -0.1) is 0 Å². The number of fused-ring (bicyclic) bond motifs is 1. The Balaban J connectivity index is 1.34. The summed E-state index contributed by atoms with van der Waals surface area (Å²) in [6.45, 7) is 4.14. The van der Waals surface area contributed by atoms with Gasteiger partial charge < -0.3 is 14.5 Å². The van der Waals surface area contributed by atoms with Gasteiger partial charge in [-0.2, -0.15) is 5.10 Å². The molecule has 4 aromatic rings. The van der Waals surface area contributed by atoms with Crippen LogP contribution in [-0.4, -0.2) is 40.4 Å². The highest BCUT2D eigenvalue weighted by Gasteiger charge is 2.13. The molecule has 0 aliphatic carbocycles. The van der Waals surface area contributed by atoms with Gasteiger partial charge in [0.2, 0.25) is 0 Å². The van der Waals surface area contributed by atoms with Gasteiger partial charge in [-0.25, -0.2) is 15.2 Å². The second-order valence-electron chi connectivity index (χ2n) is 7.54. The molecular weight excluding hydrogens is 464 g/mol. The highest BCUT2D eigenvalue weighted by atomic mass is 32.2. The van der Waals surface area contributed by atoms with Crippen molar-refractivity contribution in [3.05, 3.63) is 83.4 Å². The third kappa shape index (κ3) is 6.48. The molecule has 0 spiro atoms. The number of esters is 1. The Labute approximate surface area is 206 Å². The number of carbonyl (C=O) groups is 2. The highest BCUT2D eigenvalue weighted by molar-refractivity contribution is 7.99. The maximum Gasteiger partial charge on any atom is 0.343 e. The number of rotatable bonds is 9. The SMILES string of the molecule is CCOc1cc(/C=N\NC(=O)CSc2nc3ccccc3[nH]2)ccc1OC(=O)c1cccc(C)c1. The second kappa shape index (κ2) is 11.3. The second-order valence-corrected chi connectivity index (χ2v) is 8.50. The third-order valence-corrected chi connectivity index (χ3v) is 5.71. The Kier molecular flexibility index (Phi) is 7.79. The van der Waals surface area contributed by atoms with Crippen LogP contribution in [0.5, 0.6) is 11.5 Å². The van der Waals surface area contributed by atoms with E-state index in [1.807, 2.05) is 44.2 Å². The Morgan fingerprint density at radius 1 is 1.09 bits per heavy atom. The zero-order valence-electron chi connectivity index (χ0n) is 19.3. The average molecular weight is 489 g/mol. The fourth-order valence-corrected chi connectivity index (χ4v) is 3.91. The van der Waals surface area contributed by atoms with Crippen LogP contribution in [-0.2, 0) is 4.79 Å². The monoisotopic (exact) mass is 488 g/mol. The van der Waals surface area contributed by atoms with Crippen molar-refractivity contribution in [2.45, 2.75) is 19.0 Å². The lowest BCUT2D eigenvalue weighted by Gasteiger charge is -2.11. The molecule has 178 valence electrons. The Morgan fingerprint density at radius 2 is 1.94 bits per heavy atom. The molecule has 0 bridgehead atoms. The van der Waals surface area contributed by atoms with Crippen LogP contribution in [0.1, 0.15) is 28.4 Å². The van der Waals surface area contributed by atoms with Gasteiger partial charge in [-0.05, 0) is 61.9 Å². The number of benzene rings is 3. The van der Waals surface area contributed by atoms with Gasteiger partial charge >= 0.3 is 5.97 Å². The molecule has 1 aromatic heterocycles. The summed E-state index contributed by atoms with van der Waals surface area (Å²) in [4.78, 5) is 32.3. The summed E-state index contributed by atoms with van der Waals surface area (Å²) < 4.78 is 11.2. The molecule has 0 fully saturated rings. The number of hydrazone groups is 1. The van der Waals surface area contributed by atoms with Gasteiger partial charge in [0, 0.05) is 0 Å². The standard InChI is InChI=1S/C26H24N4O4S/c1-3-33-23-14-18(11-12-22(23)34-25(32)19-8-6-7-17(2)13-19)15-27-30-24(31)16-35-26-28-20-9-4-5-10-21(20)29-26/h4-15H,3,16H2,1-2H3,(H,28,29)(H,30,31)/b27-15-. The summed E-state index contributed by atoms with van der Waals surface area (Å²) in [5.41, 5.74) is 6.38. The van der Waals surface area contributed by atoms with Gasteiger partial charge in [0.15, 0.2) is 16.7 Å². The fourth-order valence-electron chi connectivity index (χ4n) is 3.23. The summed E-state index contributed by atoms with van der Waals surface area (Å²) in [5.74, 6) is 0.145. The summed E-state index contributed by atoms with van der Waals surface area (Å²) in [7, 11) is 0. The lowest BCUT2D eigenvalue weighted by atomic mass is 10.1. The van der Waals surface area contributed by atoms with Gasteiger partial charge in [0.1, 0.15) is 0 Å². The predicted octanol–water partition coefficient (Wildman–Crippen LogP) is 4.73. The molecule has 35 heavy (non-hydrogen) atoms. The number of amides is 1. The number of nitrogens with one attached hydrogen (secondary N) is 2. The van der Waals surface area contributed by atoms with E-state index in [0.717, 1.165) is 16.6 Å². The molecule has 1 amide bonds. The molecule has 0 unspecified atom stereocenters. The fraction of sp³-hybridized carbons (Fsp3) is 0.154. The van der Waals surface area contributed by atoms with Crippen LogP contribution in [0.3, 0.4) is 0 Å². The third-order valence-electron chi connectivity index (χ3n) is 4.83. The molecule has 0 aliphatic rings. The van der Waals surface area contributed by atoms with Crippen LogP contribution < -0.4 is 14.9 Å². The molecule has 0 radical (unpaired) electrons. The van der Waals surface area contributed by atoms with E-state index in [2.05, 4.69) is 20.5 Å². The van der Waals surface area contributed by atoms with Crippen LogP contribution in [0.4, 0.5) is 0 Å². The number of aromatic nitrogens is 2. The Morgan fingerprint density at radius 3 is 2.74 bits per heavy atom. The van der Waals surface area contributed by atoms with Gasteiger partial charge in [0.05, 0.1) is 35.2 Å². The number of aromatic amines is 1. The van der Waals surface area contributed by atoms with E-state index in [1.54, 1.807) is 36.4 Å². The molecule has 0 aliphatic heterocycles. The maximum absolute atomic E-state index is 12.5. The molecular formula is C26H24N4O4S. The predicted molar refractivity (Wildman–Crippen MR) is 136 cm³/mol. The number of thioether (sulfide) groups is 1. The van der Waals surface area contributed by atoms with Crippen LogP contribution in [0.25, 0.3) is 11.0 Å². The first-order valence-electron chi connectivity index (χ1n) is 11.0. The van der Waals surface area contributed by atoms with Crippen molar-refractivity contribution in [2.24, 2.45) is 5.10 Å². The number of nitrogens with zero attached hydrogens (tertiary/aromatic N) is 2. The molecule has 9 heteroatoms. The zero-order valence-corrected chi connectivity index (χ0v) is 20.1. The Bertz CT molecular complexity index is 1350. The summed E-state index contributed by atoms with van der Waals surface area (Å²) >= 11 is 1.30. The quantitative estimate of drug-likeness (QED) is 0.116. The van der Waals surface area contributed by atoms with E-state index in [0.29, 0.717) is 34.4 Å². The minimum Gasteiger partial charge on any atom is -0.490 e. The minimum atomic E-state index is -0.467. The molecule has 3 aromatic carbocycles. The number of hydrogen-bond donors (Lipinski definition) is 2. The Hall–Kier alpha value is -4.11. The van der Waals surface area contributed by atoms with Crippen molar-refractivity contribution in [1.29, 1.82) is 0 Å². The average Bonchev–Trinajstić information content (AvgIpc) is 3.27. The van der Waals surface area contributed by atoms with E-state index < -0.39 is 5.97 Å². The van der Waals surface area contributed by atoms with Crippen molar-refractivity contribution in [1.82, 2.24) is 15.4 Å². The van der Waals surface area contributed by atoms with Gasteiger partial charge in [-0.3, -0.25) is 4.79 Å². The van der Waals surface area contributed by atoms with Crippen molar-refractivity contribution >= 4 is 40.9 Å². The first kappa shape index (κ1) is 24.0. The maximum atomic E-state index is 12.5. The molecule has 1 heterocycles. The molecule has 8 nitrogen and oxygen atoms in total. The van der Waals surface area contributed by atoms with E-state index in [4.69, 9.17) is 9.47 Å². The molecule has 0 saturated carbocycles. The molecule has 0 atom stereocenters. The molecule has 0 saturated heterocycles. The first-order valence-corrected chi connectivity index (χ1v) is 12.0. The number of para-hydroxylation sites is 2. The number of hydrogen-bond acceptors (Lipinski definition) is 7. The summed E-state index contributed by atoms with van der Waals surface area (Å²) in [6.07, 6.45) is 1.50. The largest absolute Gasteiger partial charge is 0.490 e. The van der Waals surface area contributed by atoms with E-state index in [-0.39, 0.29) is 11.7 Å². The lowest BCUT2D eigenvalue weighted by Crippen LogP contribution is -2.19. The summed E-state index contributed by atoms with van der Waals surface area (Å²) in [6, 6.07) is 19.9. The number of carbonyl (C=O) groups excluding carboxylic acids is 2. The van der Waals surface area contributed by atoms with E-state index >= 15 is 0 Å². The number of ether oxygens (including phenoxy) is 2. The molecule has 2 N–H and O–H groups in total. The lowest BCUT2D eigenvalue weighted by molar-refractivity contribution is -0.118. The number of H-pyrrole nitrogens is 1. The van der Waals surface area contributed by atoms with Crippen molar-refractivity contribution < 1.29 is 19.1 Å². The van der Waals surface area contributed by atoms with Crippen molar-refractivity contribution in [3.63, 3.8) is 0 Å². The van der Waals surface area contributed by atoms with E-state index in [1.165, 1.54) is 18.0 Å².